The summed E-state index contributed by atoms with van der Waals surface area (Å²) >= 11 is 0. The molecule has 6 nitrogen and oxygen atoms in total. The largest absolute Gasteiger partial charge is 0.477 e. The second-order valence-corrected chi connectivity index (χ2v) is 6.07. The second kappa shape index (κ2) is 8.06. The van der Waals surface area contributed by atoms with Crippen molar-refractivity contribution >= 4 is 11.9 Å². The van der Waals surface area contributed by atoms with Gasteiger partial charge in [-0.1, -0.05) is 6.07 Å². The third kappa shape index (κ3) is 4.76. The van der Waals surface area contributed by atoms with E-state index in [1.54, 1.807) is 12.1 Å². The highest BCUT2D eigenvalue weighted by Crippen LogP contribution is 2.22. The van der Waals surface area contributed by atoms with Crippen molar-refractivity contribution in [3.8, 4) is 0 Å². The maximum Gasteiger partial charge on any atom is 0.354 e. The first-order chi connectivity index (χ1) is 11.0. The zero-order chi connectivity index (χ0) is 16.8. The number of pyridine rings is 1. The number of carboxylic acids is 1. The van der Waals surface area contributed by atoms with Crippen molar-refractivity contribution in [3.63, 3.8) is 0 Å². The highest BCUT2D eigenvalue weighted by Gasteiger charge is 2.28. The van der Waals surface area contributed by atoms with Crippen molar-refractivity contribution in [2.45, 2.75) is 51.7 Å². The number of carboxylic acid groups (broad SMARTS) is 1. The number of hydrogen-bond acceptors (Lipinski definition) is 4. The fourth-order valence-electron chi connectivity index (χ4n) is 2.83. The van der Waals surface area contributed by atoms with Crippen LogP contribution >= 0.6 is 0 Å². The van der Waals surface area contributed by atoms with E-state index in [2.05, 4.69) is 4.98 Å². The fourth-order valence-corrected chi connectivity index (χ4v) is 2.83. The van der Waals surface area contributed by atoms with Gasteiger partial charge in [0.05, 0.1) is 6.10 Å². The minimum atomic E-state index is -1.12. The molecule has 1 aromatic heterocycles. The average molecular weight is 320 g/mol. The molecular weight excluding hydrogens is 296 g/mol. The van der Waals surface area contributed by atoms with Crippen molar-refractivity contribution in [3.05, 3.63) is 29.6 Å². The van der Waals surface area contributed by atoms with Crippen LogP contribution in [0, 0.1) is 0 Å². The van der Waals surface area contributed by atoms with Gasteiger partial charge in [0, 0.05) is 19.2 Å². The number of carbonyl (C=O) groups is 2. The molecule has 2 heterocycles. The number of rotatable bonds is 6. The smallest absolute Gasteiger partial charge is 0.354 e. The summed E-state index contributed by atoms with van der Waals surface area (Å²) in [7, 11) is 0. The van der Waals surface area contributed by atoms with Gasteiger partial charge in [-0.15, -0.1) is 0 Å². The molecule has 1 unspecified atom stereocenters. The van der Waals surface area contributed by atoms with Gasteiger partial charge in [0.25, 0.3) is 5.91 Å². The lowest BCUT2D eigenvalue weighted by Gasteiger charge is -2.35. The number of aromatic nitrogens is 1. The number of hydrogen-bond donors (Lipinski definition) is 1. The summed E-state index contributed by atoms with van der Waals surface area (Å²) in [6, 6.07) is 4.66. The van der Waals surface area contributed by atoms with E-state index in [-0.39, 0.29) is 29.4 Å². The van der Waals surface area contributed by atoms with Gasteiger partial charge < -0.3 is 14.7 Å². The summed E-state index contributed by atoms with van der Waals surface area (Å²) in [5.74, 6) is -1.32. The Kier molecular flexibility index (Phi) is 6.10. The lowest BCUT2D eigenvalue weighted by molar-refractivity contribution is 0.0395. The first-order valence-electron chi connectivity index (χ1n) is 8.12. The molecule has 1 fully saturated rings. The van der Waals surface area contributed by atoms with Gasteiger partial charge in [0.1, 0.15) is 11.4 Å². The quantitative estimate of drug-likeness (QED) is 0.871. The first-order valence-corrected chi connectivity index (χ1v) is 8.12. The maximum atomic E-state index is 12.7. The van der Waals surface area contributed by atoms with Gasteiger partial charge in [-0.05, 0) is 51.7 Å². The topological polar surface area (TPSA) is 79.7 Å². The standard InChI is InChI=1S/C17H24N2O4/c1-12(2)23-11-9-13-6-3-4-10-19(13)16(20)14-7-5-8-15(18-14)17(21)22/h5,7-8,12-13H,3-4,6,9-11H2,1-2H3,(H,21,22). The molecule has 6 heteroatoms. The van der Waals surface area contributed by atoms with E-state index in [1.807, 2.05) is 18.7 Å². The van der Waals surface area contributed by atoms with Crippen LogP contribution in [0.4, 0.5) is 0 Å². The number of nitrogens with zero attached hydrogens (tertiary/aromatic N) is 2. The van der Waals surface area contributed by atoms with Crippen LogP contribution in [0.1, 0.15) is 60.5 Å². The van der Waals surface area contributed by atoms with Gasteiger partial charge in [-0.3, -0.25) is 4.79 Å². The van der Waals surface area contributed by atoms with Crippen molar-refractivity contribution < 1.29 is 19.4 Å². The van der Waals surface area contributed by atoms with E-state index in [1.165, 1.54) is 6.07 Å². The zero-order valence-electron chi connectivity index (χ0n) is 13.7. The molecule has 0 bridgehead atoms. The van der Waals surface area contributed by atoms with Gasteiger partial charge in [-0.2, -0.15) is 0 Å². The molecule has 2 rings (SSSR count). The van der Waals surface area contributed by atoms with Gasteiger partial charge in [-0.25, -0.2) is 9.78 Å². The monoisotopic (exact) mass is 320 g/mol. The second-order valence-electron chi connectivity index (χ2n) is 6.07. The lowest BCUT2D eigenvalue weighted by atomic mass is 9.99. The fraction of sp³-hybridized carbons (Fsp3) is 0.588. The van der Waals surface area contributed by atoms with Crippen LogP contribution in [0.15, 0.2) is 18.2 Å². The molecular formula is C17H24N2O4. The molecule has 1 amide bonds. The number of carbonyl (C=O) groups excluding carboxylic acids is 1. The van der Waals surface area contributed by atoms with Crippen molar-refractivity contribution in [2.24, 2.45) is 0 Å². The predicted molar refractivity (Wildman–Crippen MR) is 85.6 cm³/mol. The third-order valence-electron chi connectivity index (χ3n) is 3.98. The van der Waals surface area contributed by atoms with Crippen molar-refractivity contribution in [2.75, 3.05) is 13.2 Å². The Hall–Kier alpha value is -1.95. The molecule has 1 aromatic rings. The Balaban J connectivity index is 2.08. The summed E-state index contributed by atoms with van der Waals surface area (Å²) < 4.78 is 5.60. The minimum absolute atomic E-state index is 0.104. The molecule has 0 spiro atoms. The number of amides is 1. The van der Waals surface area contributed by atoms with E-state index in [0.29, 0.717) is 13.2 Å². The van der Waals surface area contributed by atoms with E-state index in [0.717, 1.165) is 25.7 Å². The molecule has 0 aliphatic carbocycles. The Morgan fingerprint density at radius 1 is 1.35 bits per heavy atom. The number of ether oxygens (including phenoxy) is 1. The van der Waals surface area contributed by atoms with Crippen LogP contribution in [0.2, 0.25) is 0 Å². The normalized spacial score (nSPS) is 18.2. The average Bonchev–Trinajstić information content (AvgIpc) is 2.54. The molecule has 0 saturated carbocycles. The molecule has 1 N–H and O–H groups in total. The molecule has 1 aliphatic rings. The molecule has 1 atom stereocenters. The lowest BCUT2D eigenvalue weighted by Crippen LogP contribution is -2.44. The third-order valence-corrected chi connectivity index (χ3v) is 3.98. The zero-order valence-corrected chi connectivity index (χ0v) is 13.7. The van der Waals surface area contributed by atoms with E-state index in [4.69, 9.17) is 9.84 Å². The predicted octanol–water partition coefficient (Wildman–Crippen LogP) is 2.59. The van der Waals surface area contributed by atoms with Crippen molar-refractivity contribution in [1.29, 1.82) is 0 Å². The van der Waals surface area contributed by atoms with Crippen LogP contribution in [-0.2, 0) is 4.74 Å². The number of piperidine rings is 1. The van der Waals surface area contributed by atoms with E-state index < -0.39 is 5.97 Å². The first kappa shape index (κ1) is 17.4. The molecule has 1 aliphatic heterocycles. The van der Waals surface area contributed by atoms with Crippen LogP contribution < -0.4 is 0 Å². The van der Waals surface area contributed by atoms with Crippen molar-refractivity contribution in [1.82, 2.24) is 9.88 Å². The summed E-state index contributed by atoms with van der Waals surface area (Å²) in [6.45, 7) is 5.29. The van der Waals surface area contributed by atoms with Gasteiger partial charge in [0.2, 0.25) is 0 Å². The Morgan fingerprint density at radius 2 is 2.09 bits per heavy atom. The van der Waals surface area contributed by atoms with Crippen LogP contribution in [0.5, 0.6) is 0 Å². The number of aromatic carboxylic acids is 1. The van der Waals surface area contributed by atoms with Gasteiger partial charge >= 0.3 is 5.97 Å². The van der Waals surface area contributed by atoms with Gasteiger partial charge in [0.15, 0.2) is 0 Å². The summed E-state index contributed by atoms with van der Waals surface area (Å²) in [5, 5.41) is 9.02. The molecule has 0 aromatic carbocycles. The minimum Gasteiger partial charge on any atom is -0.477 e. The highest BCUT2D eigenvalue weighted by atomic mass is 16.5. The molecule has 1 saturated heterocycles. The van der Waals surface area contributed by atoms with Crippen LogP contribution in [-0.4, -0.2) is 52.2 Å². The van der Waals surface area contributed by atoms with E-state index in [9.17, 15) is 9.59 Å². The Labute approximate surface area is 136 Å². The van der Waals surface area contributed by atoms with Crippen LogP contribution in [0.25, 0.3) is 0 Å². The molecule has 23 heavy (non-hydrogen) atoms. The Bertz CT molecular complexity index is 559. The SMILES string of the molecule is CC(C)OCCC1CCCCN1C(=O)c1cccc(C(=O)O)n1. The maximum absolute atomic E-state index is 12.7. The summed E-state index contributed by atoms with van der Waals surface area (Å²) in [5.41, 5.74) is 0.0918. The highest BCUT2D eigenvalue weighted by molar-refractivity contribution is 5.94. The Morgan fingerprint density at radius 3 is 2.78 bits per heavy atom. The molecule has 0 radical (unpaired) electrons. The summed E-state index contributed by atoms with van der Waals surface area (Å²) in [4.78, 5) is 29.5. The summed E-state index contributed by atoms with van der Waals surface area (Å²) in [6.07, 6.45) is 3.98. The van der Waals surface area contributed by atoms with E-state index >= 15 is 0 Å². The van der Waals surface area contributed by atoms with Crippen LogP contribution in [0.3, 0.4) is 0 Å². The molecule has 126 valence electrons. The number of likely N-dealkylation sites (tertiary alicyclic amines) is 1.